The van der Waals surface area contributed by atoms with Crippen molar-refractivity contribution < 1.29 is 9.05 Å². The van der Waals surface area contributed by atoms with E-state index in [1.165, 1.54) is 0 Å². The summed E-state index contributed by atoms with van der Waals surface area (Å²) in [4.78, 5) is 0. The third kappa shape index (κ3) is 2.11. The Balaban J connectivity index is 1.82. The van der Waals surface area contributed by atoms with Gasteiger partial charge < -0.3 is 0 Å². The van der Waals surface area contributed by atoms with Gasteiger partial charge in [0, 0.05) is 0 Å². The Morgan fingerprint density at radius 2 is 1.23 bits per heavy atom. The molecule has 0 saturated carbocycles. The van der Waals surface area contributed by atoms with Crippen molar-refractivity contribution in [2.45, 2.75) is 0 Å². The number of hydrogen-bond acceptors (Lipinski definition) is 3. The molecular formula is C22H20NO2P. The average molecular weight is 361 g/mol. The molecule has 0 atom stereocenters. The molecular weight excluding hydrogens is 341 g/mol. The number of nitrogens with zero attached hydrogens (tertiary/aromatic N) is 1. The van der Waals surface area contributed by atoms with Gasteiger partial charge in [-0.15, -0.1) is 0 Å². The number of hydrogen-bond donors (Lipinski definition) is 0. The maximum atomic E-state index is 6.71. The Labute approximate surface area is 153 Å². The summed E-state index contributed by atoms with van der Waals surface area (Å²) in [7, 11) is -3.08. The first kappa shape index (κ1) is 15.5. The van der Waals surface area contributed by atoms with Crippen molar-refractivity contribution in [2.24, 2.45) is 0 Å². The molecule has 2 aliphatic heterocycles. The number of benzene rings is 3. The predicted molar refractivity (Wildman–Crippen MR) is 109 cm³/mol. The van der Waals surface area contributed by atoms with Gasteiger partial charge >= 0.3 is 153 Å². The molecule has 0 aromatic heterocycles. The van der Waals surface area contributed by atoms with Crippen LogP contribution < -0.4 is 9.19 Å². The molecule has 130 valence electrons. The van der Waals surface area contributed by atoms with Gasteiger partial charge in [0.2, 0.25) is 0 Å². The van der Waals surface area contributed by atoms with Gasteiger partial charge in [-0.05, 0) is 0 Å². The Hall–Kier alpha value is -2.77. The van der Waals surface area contributed by atoms with Gasteiger partial charge in [0.25, 0.3) is 0 Å². The van der Waals surface area contributed by atoms with E-state index in [0.29, 0.717) is 0 Å². The molecule has 0 aliphatic carbocycles. The molecule has 0 saturated heterocycles. The third-order valence-electron chi connectivity index (χ3n) is 4.88. The van der Waals surface area contributed by atoms with Gasteiger partial charge in [0.1, 0.15) is 0 Å². The molecule has 2 aliphatic rings. The molecule has 0 radical (unpaired) electrons. The van der Waals surface area contributed by atoms with Gasteiger partial charge in [0.05, 0.1) is 0 Å². The van der Waals surface area contributed by atoms with Crippen molar-refractivity contribution >= 4 is 24.4 Å². The molecule has 0 unspecified atom stereocenters. The van der Waals surface area contributed by atoms with Gasteiger partial charge in [0.15, 0.2) is 0 Å². The first-order chi connectivity index (χ1) is 12.6. The van der Waals surface area contributed by atoms with Crippen molar-refractivity contribution in [2.75, 3.05) is 18.0 Å². The van der Waals surface area contributed by atoms with E-state index < -0.39 is 7.21 Å². The normalized spacial score (nSPS) is 20.4. The van der Waals surface area contributed by atoms with E-state index in [1.807, 2.05) is 42.5 Å². The van der Waals surface area contributed by atoms with E-state index in [2.05, 4.69) is 60.5 Å². The number of para-hydroxylation sites is 2. The molecule has 0 spiro atoms. The third-order valence-corrected chi connectivity index (χ3v) is 7.84. The Kier molecular flexibility index (Phi) is 3.05. The van der Waals surface area contributed by atoms with Crippen molar-refractivity contribution in [1.82, 2.24) is 0 Å². The van der Waals surface area contributed by atoms with Crippen molar-refractivity contribution in [1.29, 1.82) is 0 Å². The van der Waals surface area contributed by atoms with Crippen molar-refractivity contribution in [3.63, 3.8) is 0 Å². The number of fused-ring (bicyclic) bond motifs is 3. The first-order valence-electron chi connectivity index (χ1n) is 8.71. The molecule has 26 heavy (non-hydrogen) atoms. The summed E-state index contributed by atoms with van der Waals surface area (Å²) in [6, 6.07) is 28.9. The van der Waals surface area contributed by atoms with Crippen molar-refractivity contribution in [3.05, 3.63) is 96.1 Å². The summed E-state index contributed by atoms with van der Waals surface area (Å²) in [5.41, 5.74) is 4.33. The number of rotatable bonds is 2. The van der Waals surface area contributed by atoms with Crippen LogP contribution in [0.5, 0.6) is 5.75 Å². The van der Waals surface area contributed by atoms with Gasteiger partial charge in [-0.3, -0.25) is 0 Å². The van der Waals surface area contributed by atoms with E-state index >= 15 is 0 Å². The SMILES string of the molecule is CP12(C)OC(c3ccccc3)=C(c3ccccc3)N1c1ccccc1O2. The van der Waals surface area contributed by atoms with Crippen LogP contribution in [0.25, 0.3) is 11.5 Å². The summed E-state index contributed by atoms with van der Waals surface area (Å²) < 4.78 is 15.5. The van der Waals surface area contributed by atoms with Gasteiger partial charge in [-0.2, -0.15) is 0 Å². The fourth-order valence-corrected chi connectivity index (χ4v) is 7.00. The second-order valence-corrected chi connectivity index (χ2v) is 11.6. The minimum absolute atomic E-state index is 0.883. The van der Waals surface area contributed by atoms with Gasteiger partial charge in [-0.25, -0.2) is 0 Å². The maximum absolute atomic E-state index is 6.71. The van der Waals surface area contributed by atoms with Crippen LogP contribution >= 0.6 is 7.21 Å². The molecule has 0 N–H and O–H groups in total. The zero-order valence-corrected chi connectivity index (χ0v) is 15.7. The topological polar surface area (TPSA) is 21.7 Å². The van der Waals surface area contributed by atoms with Crippen LogP contribution in [0.2, 0.25) is 0 Å². The first-order valence-corrected chi connectivity index (χ1v) is 11.6. The standard InChI is InChI=1S/C22H20NO2P/c1-26(2)23(19-15-9-10-16-20(19)24-26)21(17-11-5-3-6-12-17)22(25-26)18-13-7-4-8-14-18/h3-16H,1-2H3. The van der Waals surface area contributed by atoms with E-state index in [-0.39, 0.29) is 0 Å². The van der Waals surface area contributed by atoms with Crippen LogP contribution in [0.3, 0.4) is 0 Å². The zero-order valence-electron chi connectivity index (χ0n) is 14.8. The number of anilines is 1. The van der Waals surface area contributed by atoms with Crippen LogP contribution in [-0.2, 0) is 4.52 Å². The van der Waals surface area contributed by atoms with E-state index in [9.17, 15) is 0 Å². The summed E-state index contributed by atoms with van der Waals surface area (Å²) in [6.45, 7) is 4.23. The molecule has 5 rings (SSSR count). The zero-order chi connectivity index (χ0) is 17.8. The summed E-state index contributed by atoms with van der Waals surface area (Å²) in [6.07, 6.45) is 0. The average Bonchev–Trinajstić information content (AvgIpc) is 3.05. The van der Waals surface area contributed by atoms with Crippen molar-refractivity contribution in [3.8, 4) is 5.75 Å². The predicted octanol–water partition coefficient (Wildman–Crippen LogP) is 6.00. The molecule has 0 amide bonds. The van der Waals surface area contributed by atoms with E-state index in [0.717, 1.165) is 34.0 Å². The second-order valence-electron chi connectivity index (χ2n) is 7.19. The monoisotopic (exact) mass is 361 g/mol. The molecule has 3 aromatic carbocycles. The van der Waals surface area contributed by atoms with Crippen LogP contribution in [0.1, 0.15) is 11.1 Å². The summed E-state index contributed by atoms with van der Waals surface area (Å²) >= 11 is 0. The fraction of sp³-hybridized carbons (Fsp3) is 0.0909. The Morgan fingerprint density at radius 3 is 1.92 bits per heavy atom. The molecule has 2 heterocycles. The Morgan fingerprint density at radius 1 is 0.654 bits per heavy atom. The quantitative estimate of drug-likeness (QED) is 0.523. The second kappa shape index (κ2) is 5.12. The Bertz CT molecular complexity index is 1030. The molecule has 3 aromatic rings. The summed E-state index contributed by atoms with van der Waals surface area (Å²) in [5, 5.41) is 0. The fourth-order valence-electron chi connectivity index (χ4n) is 3.82. The summed E-state index contributed by atoms with van der Waals surface area (Å²) in [5.74, 6) is 1.77. The van der Waals surface area contributed by atoms with Crippen LogP contribution in [-0.4, -0.2) is 13.3 Å². The molecule has 0 fully saturated rings. The van der Waals surface area contributed by atoms with Crippen LogP contribution in [0.4, 0.5) is 5.69 Å². The molecule has 3 nitrogen and oxygen atoms in total. The molecule has 0 bridgehead atoms. The molecule has 4 heteroatoms. The van der Waals surface area contributed by atoms with Crippen LogP contribution in [0, 0.1) is 0 Å². The minimum atomic E-state index is -3.08. The van der Waals surface area contributed by atoms with Crippen LogP contribution in [0.15, 0.2) is 84.9 Å². The van der Waals surface area contributed by atoms with E-state index in [4.69, 9.17) is 9.05 Å². The van der Waals surface area contributed by atoms with E-state index in [1.54, 1.807) is 0 Å². The van der Waals surface area contributed by atoms with Gasteiger partial charge in [-0.1, -0.05) is 0 Å².